The van der Waals surface area contributed by atoms with Gasteiger partial charge in [0, 0.05) is 12.8 Å². The molecule has 1 heterocycles. The van der Waals surface area contributed by atoms with Crippen LogP contribution in [0.3, 0.4) is 0 Å². The zero-order valence-electron chi connectivity index (χ0n) is 35.6. The number of rotatable bonds is 36. The van der Waals surface area contributed by atoms with Crippen molar-refractivity contribution < 1.29 is 49.0 Å². The number of ether oxygens (including phenoxy) is 4. The minimum Gasteiger partial charge on any atom is -0.462 e. The number of hydrogen-bond donors (Lipinski definition) is 4. The Morgan fingerprint density at radius 3 is 1.58 bits per heavy atom. The molecule has 10 heteroatoms. The number of unbranched alkanes of at least 4 members (excludes halogenated alkanes) is 15. The van der Waals surface area contributed by atoms with Crippen LogP contribution in [0.5, 0.6) is 0 Å². The number of allylic oxidation sites excluding steroid dienone is 10. The Labute approximate surface area is 345 Å². The molecule has 1 aliphatic rings. The third-order valence-corrected chi connectivity index (χ3v) is 9.86. The second kappa shape index (κ2) is 37.7. The molecule has 0 bridgehead atoms. The third kappa shape index (κ3) is 29.3. The van der Waals surface area contributed by atoms with Gasteiger partial charge in [-0.3, -0.25) is 9.59 Å². The molecule has 0 aliphatic carbocycles. The lowest BCUT2D eigenvalue weighted by Gasteiger charge is -2.39. The quantitative estimate of drug-likeness (QED) is 0.0274. The normalized spacial score (nSPS) is 20.8. The minimum absolute atomic E-state index is 0.210. The van der Waals surface area contributed by atoms with Gasteiger partial charge in [-0.1, -0.05) is 139 Å². The maximum absolute atomic E-state index is 12.8. The van der Waals surface area contributed by atoms with Gasteiger partial charge in [-0.25, -0.2) is 0 Å². The molecule has 57 heavy (non-hydrogen) atoms. The molecule has 0 saturated carbocycles. The smallest absolute Gasteiger partial charge is 0.306 e. The van der Waals surface area contributed by atoms with Crippen LogP contribution in [0.1, 0.15) is 168 Å². The van der Waals surface area contributed by atoms with Crippen molar-refractivity contribution in [1.82, 2.24) is 0 Å². The Morgan fingerprint density at radius 2 is 1.02 bits per heavy atom. The highest BCUT2D eigenvalue weighted by Gasteiger charge is 2.44. The summed E-state index contributed by atoms with van der Waals surface area (Å²) in [6.07, 6.45) is 37.9. The molecule has 1 aliphatic heterocycles. The minimum atomic E-state index is -1.60. The van der Waals surface area contributed by atoms with E-state index in [2.05, 4.69) is 74.6 Å². The van der Waals surface area contributed by atoms with Crippen molar-refractivity contribution in [3.8, 4) is 0 Å². The lowest BCUT2D eigenvalue weighted by Crippen LogP contribution is -2.59. The summed E-state index contributed by atoms with van der Waals surface area (Å²) in [6.45, 7) is 3.30. The van der Waals surface area contributed by atoms with Crippen molar-refractivity contribution in [3.05, 3.63) is 60.8 Å². The largest absolute Gasteiger partial charge is 0.462 e. The van der Waals surface area contributed by atoms with Crippen LogP contribution < -0.4 is 0 Å². The number of hydrogen-bond acceptors (Lipinski definition) is 10. The van der Waals surface area contributed by atoms with Gasteiger partial charge in [0.25, 0.3) is 0 Å². The van der Waals surface area contributed by atoms with E-state index in [9.17, 15) is 30.0 Å². The molecule has 1 rings (SSSR count). The Balaban J connectivity index is 2.37. The highest BCUT2D eigenvalue weighted by atomic mass is 16.7. The average molecular weight is 805 g/mol. The van der Waals surface area contributed by atoms with Crippen molar-refractivity contribution in [2.75, 3.05) is 19.8 Å². The first-order chi connectivity index (χ1) is 27.8. The van der Waals surface area contributed by atoms with Gasteiger partial charge < -0.3 is 39.4 Å². The molecule has 2 unspecified atom stereocenters. The van der Waals surface area contributed by atoms with Gasteiger partial charge in [-0.2, -0.15) is 0 Å². The first kappa shape index (κ1) is 52.4. The summed E-state index contributed by atoms with van der Waals surface area (Å²) in [5, 5.41) is 40.1. The van der Waals surface area contributed by atoms with Crippen molar-refractivity contribution in [3.63, 3.8) is 0 Å². The van der Waals surface area contributed by atoms with E-state index in [1.54, 1.807) is 0 Å². The molecular weight excluding hydrogens is 725 g/mol. The van der Waals surface area contributed by atoms with Crippen LogP contribution in [0, 0.1) is 0 Å². The molecule has 0 aromatic heterocycles. The van der Waals surface area contributed by atoms with Gasteiger partial charge >= 0.3 is 11.9 Å². The zero-order valence-corrected chi connectivity index (χ0v) is 35.6. The monoisotopic (exact) mass is 805 g/mol. The number of carbonyl (C=O) groups excluding carboxylic acids is 2. The van der Waals surface area contributed by atoms with E-state index in [1.807, 2.05) is 0 Å². The molecule has 328 valence electrons. The average Bonchev–Trinajstić information content (AvgIpc) is 3.21. The van der Waals surface area contributed by atoms with Crippen LogP contribution in [0.25, 0.3) is 0 Å². The number of aliphatic hydroxyl groups is 4. The Morgan fingerprint density at radius 1 is 0.544 bits per heavy atom. The highest BCUT2D eigenvalue weighted by molar-refractivity contribution is 5.70. The Bertz CT molecular complexity index is 1110. The van der Waals surface area contributed by atoms with E-state index in [1.165, 1.54) is 44.9 Å². The standard InChI is InChI=1S/C47H80O10/c1-3-5-7-9-11-13-15-17-19-20-22-23-25-27-29-31-33-35-42(49)54-38-40(39-55-47-46(53)45(52)44(51)41(37-48)57-47)56-43(50)36-34-32-30-28-26-24-21-18-16-14-12-10-8-6-4-2/h7,9,13,15,18-21,23,25,40-41,44-48,51-53H,3-6,8,10-12,14,16-17,22,24,26-39H2,1-2H3/b9-7+,15-13+,20-19+,21-18+,25-23+/t40-,41-,44+,45?,46?,47-/m0/s1. The van der Waals surface area contributed by atoms with Crippen LogP contribution in [0.2, 0.25) is 0 Å². The van der Waals surface area contributed by atoms with Crippen LogP contribution in [0.15, 0.2) is 60.8 Å². The first-order valence-corrected chi connectivity index (χ1v) is 22.4. The summed E-state index contributed by atoms with van der Waals surface area (Å²) >= 11 is 0. The molecule has 1 fully saturated rings. The summed E-state index contributed by atoms with van der Waals surface area (Å²) in [5.41, 5.74) is 0. The number of esters is 2. The van der Waals surface area contributed by atoms with E-state index in [-0.39, 0.29) is 26.1 Å². The Kier molecular flexibility index (Phi) is 34.6. The number of carbonyl (C=O) groups is 2. The first-order valence-electron chi connectivity index (χ1n) is 22.4. The van der Waals surface area contributed by atoms with E-state index in [0.717, 1.165) is 83.5 Å². The summed E-state index contributed by atoms with van der Waals surface area (Å²) in [7, 11) is 0. The fourth-order valence-corrected chi connectivity index (χ4v) is 6.29. The van der Waals surface area contributed by atoms with Gasteiger partial charge in [0.15, 0.2) is 12.4 Å². The molecule has 0 aromatic carbocycles. The van der Waals surface area contributed by atoms with Crippen LogP contribution >= 0.6 is 0 Å². The third-order valence-electron chi connectivity index (χ3n) is 9.86. The number of aliphatic hydroxyl groups excluding tert-OH is 4. The lowest BCUT2D eigenvalue weighted by atomic mass is 9.99. The molecule has 0 spiro atoms. The lowest BCUT2D eigenvalue weighted by molar-refractivity contribution is -0.305. The highest BCUT2D eigenvalue weighted by Crippen LogP contribution is 2.22. The van der Waals surface area contributed by atoms with E-state index < -0.39 is 55.4 Å². The van der Waals surface area contributed by atoms with Gasteiger partial charge in [0.05, 0.1) is 13.2 Å². The van der Waals surface area contributed by atoms with Crippen LogP contribution in [-0.2, 0) is 28.5 Å². The van der Waals surface area contributed by atoms with E-state index in [0.29, 0.717) is 12.8 Å². The SMILES string of the molecule is CCC/C=C/C/C=C/C/C=C/C/C=C/CCCCCC(=O)OC[C@@H](CO[C@H]1O[C@@H](CO)[C@@H](O)C(O)C1O)OC(=O)CCCCCCC/C=C/CCCCCCCC. The van der Waals surface area contributed by atoms with Gasteiger partial charge in [-0.05, 0) is 77.0 Å². The van der Waals surface area contributed by atoms with E-state index in [4.69, 9.17) is 18.9 Å². The molecule has 1 saturated heterocycles. The molecule has 0 radical (unpaired) electrons. The summed E-state index contributed by atoms with van der Waals surface area (Å²) in [5.74, 6) is -0.856. The summed E-state index contributed by atoms with van der Waals surface area (Å²) in [6, 6.07) is 0. The predicted molar refractivity (Wildman–Crippen MR) is 228 cm³/mol. The maximum atomic E-state index is 12.8. The molecule has 0 amide bonds. The topological polar surface area (TPSA) is 152 Å². The summed E-state index contributed by atoms with van der Waals surface area (Å²) < 4.78 is 22.1. The maximum Gasteiger partial charge on any atom is 0.306 e. The van der Waals surface area contributed by atoms with Crippen LogP contribution in [-0.4, -0.2) is 89.0 Å². The van der Waals surface area contributed by atoms with Crippen molar-refractivity contribution >= 4 is 11.9 Å². The van der Waals surface area contributed by atoms with Crippen LogP contribution in [0.4, 0.5) is 0 Å². The molecule has 4 N–H and O–H groups in total. The summed E-state index contributed by atoms with van der Waals surface area (Å²) in [4.78, 5) is 25.3. The predicted octanol–water partition coefficient (Wildman–Crippen LogP) is 9.44. The second-order valence-corrected chi connectivity index (χ2v) is 15.1. The fourth-order valence-electron chi connectivity index (χ4n) is 6.29. The molecular formula is C47H80O10. The second-order valence-electron chi connectivity index (χ2n) is 15.1. The van der Waals surface area contributed by atoms with Gasteiger partial charge in [0.1, 0.15) is 31.0 Å². The zero-order chi connectivity index (χ0) is 41.6. The van der Waals surface area contributed by atoms with Crippen molar-refractivity contribution in [2.24, 2.45) is 0 Å². The van der Waals surface area contributed by atoms with Crippen molar-refractivity contribution in [1.29, 1.82) is 0 Å². The van der Waals surface area contributed by atoms with Crippen molar-refractivity contribution in [2.45, 2.75) is 205 Å². The van der Waals surface area contributed by atoms with Gasteiger partial charge in [-0.15, -0.1) is 0 Å². The molecule has 0 aromatic rings. The van der Waals surface area contributed by atoms with E-state index >= 15 is 0 Å². The Hall–Kier alpha value is -2.60. The molecule has 6 atom stereocenters. The molecule has 10 nitrogen and oxygen atoms in total. The van der Waals surface area contributed by atoms with Gasteiger partial charge in [0.2, 0.25) is 0 Å². The fraction of sp³-hybridized carbons (Fsp3) is 0.745.